The average molecular weight is 327 g/mol. The van der Waals surface area contributed by atoms with Crippen molar-refractivity contribution < 1.29 is 22.7 Å². The van der Waals surface area contributed by atoms with Crippen molar-refractivity contribution in [3.8, 4) is 5.75 Å². The van der Waals surface area contributed by atoms with E-state index < -0.39 is 39.9 Å². The number of anilines is 2. The number of phenols is 1. The number of halogens is 1. The van der Waals surface area contributed by atoms with Crippen LogP contribution in [0.3, 0.4) is 0 Å². The molecule has 1 aliphatic rings. The van der Waals surface area contributed by atoms with Gasteiger partial charge >= 0.3 is 10.2 Å². The van der Waals surface area contributed by atoms with Crippen molar-refractivity contribution in [1.82, 2.24) is 14.7 Å². The minimum Gasteiger partial charge on any atom is -0.507 e. The molecule has 1 aromatic carbocycles. The Labute approximate surface area is 124 Å². The Hall–Kier alpha value is -2.69. The van der Waals surface area contributed by atoms with Gasteiger partial charge in [0, 0.05) is 19.3 Å². The SMILES string of the molecule is CNc1ncc2c(O)cc(N3CC(=O)NS3(=O)=O)c(F)c2n1. The van der Waals surface area contributed by atoms with Crippen LogP contribution < -0.4 is 14.3 Å². The third kappa shape index (κ3) is 2.06. The first kappa shape index (κ1) is 14.3. The third-order valence-electron chi connectivity index (χ3n) is 3.08. The van der Waals surface area contributed by atoms with Gasteiger partial charge in [-0.05, 0) is 0 Å². The van der Waals surface area contributed by atoms with Gasteiger partial charge in [-0.3, -0.25) is 4.79 Å². The van der Waals surface area contributed by atoms with E-state index in [0.717, 1.165) is 6.07 Å². The molecule has 1 aliphatic heterocycles. The van der Waals surface area contributed by atoms with Crippen LogP contribution in [-0.4, -0.2) is 43.0 Å². The van der Waals surface area contributed by atoms with Gasteiger partial charge in [0.25, 0.3) is 5.91 Å². The standard InChI is InChI=1S/C11H10FN5O4S/c1-13-11-14-3-5-7(18)2-6(9(12)10(5)15-11)17-4-8(19)16-22(17,20)21/h2-3,18H,4H2,1H3,(H,16,19)(H,13,14,15). The summed E-state index contributed by atoms with van der Waals surface area (Å²) in [6.45, 7) is -0.575. The molecule has 1 aromatic heterocycles. The summed E-state index contributed by atoms with van der Waals surface area (Å²) in [4.78, 5) is 19.0. The van der Waals surface area contributed by atoms with Crippen LogP contribution in [0.4, 0.5) is 16.0 Å². The van der Waals surface area contributed by atoms with Crippen LogP contribution in [-0.2, 0) is 15.0 Å². The maximum Gasteiger partial charge on any atom is 0.326 e. The number of rotatable bonds is 2. The molecule has 0 bridgehead atoms. The Morgan fingerprint density at radius 2 is 2.23 bits per heavy atom. The van der Waals surface area contributed by atoms with Crippen LogP contribution in [0.1, 0.15) is 0 Å². The topological polar surface area (TPSA) is 125 Å². The summed E-state index contributed by atoms with van der Waals surface area (Å²) < 4.78 is 40.5. The number of aromatic nitrogens is 2. The summed E-state index contributed by atoms with van der Waals surface area (Å²) in [5.74, 6) is -2.07. The van der Waals surface area contributed by atoms with Crippen molar-refractivity contribution in [1.29, 1.82) is 0 Å². The molecule has 1 saturated heterocycles. The molecule has 9 nitrogen and oxygen atoms in total. The molecule has 0 aliphatic carbocycles. The first-order valence-corrected chi connectivity index (χ1v) is 7.47. The summed E-state index contributed by atoms with van der Waals surface area (Å²) in [6.07, 6.45) is 1.21. The van der Waals surface area contributed by atoms with Crippen molar-refractivity contribution >= 4 is 38.7 Å². The Morgan fingerprint density at radius 1 is 1.50 bits per heavy atom. The summed E-state index contributed by atoms with van der Waals surface area (Å²) in [5, 5.41) is 12.6. The summed E-state index contributed by atoms with van der Waals surface area (Å²) in [7, 11) is -2.67. The van der Waals surface area contributed by atoms with Crippen molar-refractivity contribution in [2.45, 2.75) is 0 Å². The number of benzene rings is 1. The minimum atomic E-state index is -4.19. The van der Waals surface area contributed by atoms with Gasteiger partial charge < -0.3 is 10.4 Å². The van der Waals surface area contributed by atoms with Gasteiger partial charge in [0.15, 0.2) is 5.82 Å². The lowest BCUT2D eigenvalue weighted by Crippen LogP contribution is -2.30. The molecule has 0 radical (unpaired) electrons. The highest BCUT2D eigenvalue weighted by molar-refractivity contribution is 7.92. The van der Waals surface area contributed by atoms with E-state index in [1.54, 1.807) is 4.72 Å². The Kier molecular flexibility index (Phi) is 3.02. The normalized spacial score (nSPS) is 16.8. The fourth-order valence-electron chi connectivity index (χ4n) is 2.09. The Morgan fingerprint density at radius 3 is 2.82 bits per heavy atom. The zero-order chi connectivity index (χ0) is 16.1. The molecule has 0 saturated carbocycles. The molecule has 0 unspecified atom stereocenters. The molecule has 1 fully saturated rings. The number of hydrogen-bond acceptors (Lipinski definition) is 7. The Balaban J connectivity index is 2.27. The highest BCUT2D eigenvalue weighted by atomic mass is 32.2. The second-order valence-corrected chi connectivity index (χ2v) is 6.07. The van der Waals surface area contributed by atoms with Gasteiger partial charge in [-0.15, -0.1) is 0 Å². The number of nitrogens with zero attached hydrogens (tertiary/aromatic N) is 3. The molecule has 3 rings (SSSR count). The highest BCUT2D eigenvalue weighted by Crippen LogP contribution is 2.35. The third-order valence-corrected chi connectivity index (χ3v) is 4.48. The van der Waals surface area contributed by atoms with E-state index in [1.807, 2.05) is 0 Å². The number of nitrogens with one attached hydrogen (secondary N) is 2. The maximum absolute atomic E-state index is 14.6. The van der Waals surface area contributed by atoms with Gasteiger partial charge in [-0.1, -0.05) is 0 Å². The smallest absolute Gasteiger partial charge is 0.326 e. The maximum atomic E-state index is 14.6. The van der Waals surface area contributed by atoms with Gasteiger partial charge in [0.2, 0.25) is 5.95 Å². The second-order valence-electron chi connectivity index (χ2n) is 4.47. The predicted molar refractivity (Wildman–Crippen MR) is 75.1 cm³/mol. The van der Waals surface area contributed by atoms with E-state index in [-0.39, 0.29) is 16.9 Å². The molecule has 2 heterocycles. The van der Waals surface area contributed by atoms with Crippen LogP contribution in [0.5, 0.6) is 5.75 Å². The number of carbonyl (C=O) groups excluding carboxylic acids is 1. The summed E-state index contributed by atoms with van der Waals surface area (Å²) >= 11 is 0. The van der Waals surface area contributed by atoms with E-state index in [2.05, 4.69) is 15.3 Å². The van der Waals surface area contributed by atoms with E-state index in [9.17, 15) is 22.7 Å². The highest BCUT2D eigenvalue weighted by Gasteiger charge is 2.36. The largest absolute Gasteiger partial charge is 0.507 e. The number of aromatic hydroxyl groups is 1. The van der Waals surface area contributed by atoms with Gasteiger partial charge in [0.05, 0.1) is 11.1 Å². The average Bonchev–Trinajstić information content (AvgIpc) is 2.75. The molecule has 2 aromatic rings. The molecular weight excluding hydrogens is 317 g/mol. The first-order chi connectivity index (χ1) is 10.3. The summed E-state index contributed by atoms with van der Waals surface area (Å²) in [5.41, 5.74) is -0.729. The molecular formula is C11H10FN5O4S. The molecule has 3 N–H and O–H groups in total. The van der Waals surface area contributed by atoms with Gasteiger partial charge in [-0.2, -0.15) is 8.42 Å². The molecule has 116 valence electrons. The fourth-order valence-corrected chi connectivity index (χ4v) is 3.23. The molecule has 22 heavy (non-hydrogen) atoms. The molecule has 1 amide bonds. The number of carbonyl (C=O) groups is 1. The monoisotopic (exact) mass is 327 g/mol. The van der Waals surface area contributed by atoms with Crippen molar-refractivity contribution in [3.05, 3.63) is 18.1 Å². The van der Waals surface area contributed by atoms with E-state index in [4.69, 9.17) is 0 Å². The summed E-state index contributed by atoms with van der Waals surface area (Å²) in [6, 6.07) is 0.915. The van der Waals surface area contributed by atoms with Crippen LogP contribution in [0, 0.1) is 5.82 Å². The van der Waals surface area contributed by atoms with Crippen molar-refractivity contribution in [2.24, 2.45) is 0 Å². The van der Waals surface area contributed by atoms with E-state index in [0.29, 0.717) is 4.31 Å². The lowest BCUT2D eigenvalue weighted by Gasteiger charge is -2.17. The fraction of sp³-hybridized carbons (Fsp3) is 0.182. The van der Waals surface area contributed by atoms with Crippen molar-refractivity contribution in [2.75, 3.05) is 23.2 Å². The first-order valence-electron chi connectivity index (χ1n) is 6.03. The lowest BCUT2D eigenvalue weighted by molar-refractivity contribution is -0.117. The lowest BCUT2D eigenvalue weighted by atomic mass is 10.2. The number of amides is 1. The number of hydrogen-bond donors (Lipinski definition) is 3. The number of fused-ring (bicyclic) bond motifs is 1. The van der Waals surface area contributed by atoms with Crippen LogP contribution >= 0.6 is 0 Å². The second kappa shape index (κ2) is 4.66. The quantitative estimate of drug-likeness (QED) is 0.691. The molecule has 0 atom stereocenters. The van der Waals surface area contributed by atoms with Crippen molar-refractivity contribution in [3.63, 3.8) is 0 Å². The van der Waals surface area contributed by atoms with E-state index >= 15 is 0 Å². The Bertz CT molecular complexity index is 901. The van der Waals surface area contributed by atoms with Gasteiger partial charge in [-0.25, -0.2) is 23.4 Å². The van der Waals surface area contributed by atoms with Crippen LogP contribution in [0.25, 0.3) is 10.9 Å². The zero-order valence-corrected chi connectivity index (χ0v) is 12.0. The number of phenolic OH excluding ortho intramolecular Hbond substituents is 1. The predicted octanol–water partition coefficient (Wildman–Crippen LogP) is -0.303. The molecule has 0 spiro atoms. The minimum absolute atomic E-state index is 0.0242. The zero-order valence-electron chi connectivity index (χ0n) is 11.2. The van der Waals surface area contributed by atoms with Crippen LogP contribution in [0.2, 0.25) is 0 Å². The molecule has 11 heteroatoms. The van der Waals surface area contributed by atoms with Crippen LogP contribution in [0.15, 0.2) is 12.3 Å². The van der Waals surface area contributed by atoms with Gasteiger partial charge in [0.1, 0.15) is 17.8 Å². The van der Waals surface area contributed by atoms with E-state index in [1.165, 1.54) is 13.2 Å².